The molecule has 0 spiro atoms. The fraction of sp³-hybridized carbons (Fsp3) is 0.474. The molecule has 0 saturated carbocycles. The number of aromatic nitrogens is 1. The number of amides is 2. The number of furan rings is 1. The second-order valence-corrected chi connectivity index (χ2v) is 6.57. The molecule has 6 heteroatoms. The molecule has 1 aliphatic rings. The number of aryl methyl sites for hydroxylation is 1. The number of likely N-dealkylation sites (N-methyl/N-ethyl adjacent to an activating group) is 1. The lowest BCUT2D eigenvalue weighted by Crippen LogP contribution is -2.51. The summed E-state index contributed by atoms with van der Waals surface area (Å²) in [6.45, 7) is 5.15. The van der Waals surface area contributed by atoms with Gasteiger partial charge in [0.1, 0.15) is 11.8 Å². The molecule has 2 aromatic rings. The van der Waals surface area contributed by atoms with Gasteiger partial charge in [-0.05, 0) is 51.3 Å². The average molecular weight is 343 g/mol. The first-order valence-electron chi connectivity index (χ1n) is 8.74. The second-order valence-electron chi connectivity index (χ2n) is 6.57. The van der Waals surface area contributed by atoms with Crippen LogP contribution in [0.5, 0.6) is 0 Å². The molecular weight excluding hydrogens is 318 g/mol. The largest absolute Gasteiger partial charge is 0.467 e. The fourth-order valence-electron chi connectivity index (χ4n) is 3.59. The molecule has 0 aromatic carbocycles. The predicted octanol–water partition coefficient (Wildman–Crippen LogP) is 2.49. The van der Waals surface area contributed by atoms with Crippen molar-refractivity contribution in [3.05, 3.63) is 47.2 Å². The summed E-state index contributed by atoms with van der Waals surface area (Å²) < 4.78 is 7.50. The van der Waals surface area contributed by atoms with Gasteiger partial charge in [0.2, 0.25) is 5.91 Å². The number of nitrogens with one attached hydrogen (secondary N) is 1. The average Bonchev–Trinajstić information content (AvgIpc) is 3.24. The predicted molar refractivity (Wildman–Crippen MR) is 94.5 cm³/mol. The molecule has 25 heavy (non-hydrogen) atoms. The van der Waals surface area contributed by atoms with Crippen LogP contribution in [-0.2, 0) is 11.3 Å². The molecular formula is C19H25N3O3. The van der Waals surface area contributed by atoms with Crippen LogP contribution in [0.25, 0.3) is 0 Å². The molecule has 0 aliphatic carbocycles. The fourth-order valence-corrected chi connectivity index (χ4v) is 3.59. The van der Waals surface area contributed by atoms with Gasteiger partial charge in [-0.15, -0.1) is 0 Å². The highest BCUT2D eigenvalue weighted by Crippen LogP contribution is 2.24. The van der Waals surface area contributed by atoms with Crippen LogP contribution in [0.4, 0.5) is 0 Å². The Morgan fingerprint density at radius 2 is 2.12 bits per heavy atom. The summed E-state index contributed by atoms with van der Waals surface area (Å²) >= 11 is 0. The van der Waals surface area contributed by atoms with E-state index in [1.807, 2.05) is 32.0 Å². The Bertz CT molecular complexity index is 761. The number of piperidine rings is 1. The third-order valence-electron chi connectivity index (χ3n) is 5.01. The van der Waals surface area contributed by atoms with Gasteiger partial charge in [-0.3, -0.25) is 9.59 Å². The standard InChI is InChI=1S/C19H25N3O3/c1-13-11-16(14(2)22(13)12-15-7-6-10-25-15)19(24)21-9-5-4-8-17(21)18(23)20-3/h6-7,10-11,17H,4-5,8-9,12H2,1-3H3,(H,20,23)/t17-/m1/s1. The number of carbonyl (C=O) groups excluding carboxylic acids is 2. The zero-order chi connectivity index (χ0) is 18.0. The maximum absolute atomic E-state index is 13.1. The maximum Gasteiger partial charge on any atom is 0.256 e. The van der Waals surface area contributed by atoms with Crippen molar-refractivity contribution in [2.45, 2.75) is 45.7 Å². The molecule has 0 radical (unpaired) electrons. The van der Waals surface area contributed by atoms with E-state index < -0.39 is 0 Å². The van der Waals surface area contributed by atoms with Crippen LogP contribution in [0.15, 0.2) is 28.9 Å². The number of hydrogen-bond acceptors (Lipinski definition) is 3. The highest BCUT2D eigenvalue weighted by Gasteiger charge is 2.33. The van der Waals surface area contributed by atoms with Crippen LogP contribution >= 0.6 is 0 Å². The van der Waals surface area contributed by atoms with Crippen LogP contribution in [0.1, 0.15) is 46.8 Å². The number of likely N-dealkylation sites (tertiary alicyclic amines) is 1. The Balaban J connectivity index is 1.87. The van der Waals surface area contributed by atoms with Gasteiger partial charge in [0, 0.05) is 25.0 Å². The lowest BCUT2D eigenvalue weighted by Gasteiger charge is -2.34. The lowest BCUT2D eigenvalue weighted by molar-refractivity contribution is -0.126. The van der Waals surface area contributed by atoms with E-state index in [4.69, 9.17) is 4.42 Å². The van der Waals surface area contributed by atoms with Crippen LogP contribution in [0.3, 0.4) is 0 Å². The molecule has 2 amide bonds. The van der Waals surface area contributed by atoms with Crippen LogP contribution in [-0.4, -0.2) is 40.9 Å². The molecule has 1 fully saturated rings. The van der Waals surface area contributed by atoms with E-state index in [2.05, 4.69) is 9.88 Å². The second kappa shape index (κ2) is 7.17. The molecule has 134 valence electrons. The van der Waals surface area contributed by atoms with Crippen molar-refractivity contribution in [3.8, 4) is 0 Å². The molecule has 1 aliphatic heterocycles. The van der Waals surface area contributed by atoms with E-state index in [1.54, 1.807) is 18.2 Å². The van der Waals surface area contributed by atoms with Gasteiger partial charge in [-0.2, -0.15) is 0 Å². The van der Waals surface area contributed by atoms with Crippen molar-refractivity contribution in [3.63, 3.8) is 0 Å². The normalized spacial score (nSPS) is 17.6. The minimum atomic E-state index is -0.376. The van der Waals surface area contributed by atoms with Gasteiger partial charge in [-0.25, -0.2) is 0 Å². The SMILES string of the molecule is CNC(=O)[C@H]1CCCCN1C(=O)c1cc(C)n(Cc2ccco2)c1C. The van der Waals surface area contributed by atoms with Crippen molar-refractivity contribution in [1.29, 1.82) is 0 Å². The third kappa shape index (κ3) is 3.34. The van der Waals surface area contributed by atoms with E-state index in [9.17, 15) is 9.59 Å². The van der Waals surface area contributed by atoms with E-state index in [0.29, 0.717) is 18.7 Å². The highest BCUT2D eigenvalue weighted by atomic mass is 16.3. The molecule has 3 heterocycles. The number of rotatable bonds is 4. The lowest BCUT2D eigenvalue weighted by atomic mass is 10.00. The van der Waals surface area contributed by atoms with Gasteiger partial charge in [0.05, 0.1) is 18.4 Å². The van der Waals surface area contributed by atoms with Crippen molar-refractivity contribution in [2.24, 2.45) is 0 Å². The van der Waals surface area contributed by atoms with Gasteiger partial charge >= 0.3 is 0 Å². The minimum absolute atomic E-state index is 0.0629. The zero-order valence-electron chi connectivity index (χ0n) is 15.0. The van der Waals surface area contributed by atoms with Gasteiger partial charge in [0.25, 0.3) is 5.91 Å². The number of nitrogens with zero attached hydrogens (tertiary/aromatic N) is 2. The highest BCUT2D eigenvalue weighted by molar-refractivity contribution is 5.98. The van der Waals surface area contributed by atoms with E-state index >= 15 is 0 Å². The first-order chi connectivity index (χ1) is 12.0. The van der Waals surface area contributed by atoms with Gasteiger partial charge in [-0.1, -0.05) is 0 Å². The topological polar surface area (TPSA) is 67.5 Å². The van der Waals surface area contributed by atoms with E-state index in [1.165, 1.54) is 0 Å². The van der Waals surface area contributed by atoms with Crippen LogP contribution in [0, 0.1) is 13.8 Å². The summed E-state index contributed by atoms with van der Waals surface area (Å²) in [6, 6.07) is 5.32. The maximum atomic E-state index is 13.1. The monoisotopic (exact) mass is 343 g/mol. The Morgan fingerprint density at radius 3 is 2.80 bits per heavy atom. The molecule has 2 aromatic heterocycles. The Morgan fingerprint density at radius 1 is 1.32 bits per heavy atom. The van der Waals surface area contributed by atoms with Crippen molar-refractivity contribution in [1.82, 2.24) is 14.8 Å². The summed E-state index contributed by atoms with van der Waals surface area (Å²) in [7, 11) is 1.62. The summed E-state index contributed by atoms with van der Waals surface area (Å²) in [6.07, 6.45) is 4.28. The summed E-state index contributed by atoms with van der Waals surface area (Å²) in [5.41, 5.74) is 2.57. The van der Waals surface area contributed by atoms with Crippen LogP contribution < -0.4 is 5.32 Å². The molecule has 1 atom stereocenters. The first kappa shape index (κ1) is 17.3. The number of hydrogen-bond donors (Lipinski definition) is 1. The molecule has 6 nitrogen and oxygen atoms in total. The Labute approximate surface area is 147 Å². The third-order valence-corrected chi connectivity index (χ3v) is 5.01. The minimum Gasteiger partial charge on any atom is -0.467 e. The molecule has 3 rings (SSSR count). The smallest absolute Gasteiger partial charge is 0.256 e. The Hall–Kier alpha value is -2.50. The summed E-state index contributed by atoms with van der Waals surface area (Å²) in [5, 5.41) is 2.68. The quantitative estimate of drug-likeness (QED) is 0.927. The van der Waals surface area contributed by atoms with Gasteiger partial charge in [0.15, 0.2) is 0 Å². The van der Waals surface area contributed by atoms with Crippen molar-refractivity contribution < 1.29 is 14.0 Å². The summed E-state index contributed by atoms with van der Waals surface area (Å²) in [4.78, 5) is 27.0. The molecule has 0 bridgehead atoms. The molecule has 1 saturated heterocycles. The van der Waals surface area contributed by atoms with Gasteiger partial charge < -0.3 is 19.2 Å². The van der Waals surface area contributed by atoms with E-state index in [0.717, 1.165) is 36.4 Å². The number of carbonyl (C=O) groups is 2. The Kier molecular flexibility index (Phi) is 4.97. The molecule has 0 unspecified atom stereocenters. The first-order valence-corrected chi connectivity index (χ1v) is 8.74. The zero-order valence-corrected chi connectivity index (χ0v) is 15.0. The summed E-state index contributed by atoms with van der Waals surface area (Å²) in [5.74, 6) is 0.701. The molecule has 1 N–H and O–H groups in total. The van der Waals surface area contributed by atoms with Crippen molar-refractivity contribution in [2.75, 3.05) is 13.6 Å². The van der Waals surface area contributed by atoms with Crippen molar-refractivity contribution >= 4 is 11.8 Å². The van der Waals surface area contributed by atoms with E-state index in [-0.39, 0.29) is 17.9 Å². The van der Waals surface area contributed by atoms with Crippen LogP contribution in [0.2, 0.25) is 0 Å².